The van der Waals surface area contributed by atoms with Crippen molar-refractivity contribution in [3.63, 3.8) is 0 Å². The number of nitrogens with zero attached hydrogens (tertiary/aromatic N) is 2. The van der Waals surface area contributed by atoms with E-state index in [9.17, 15) is 0 Å². The molecule has 3 heterocycles. The Kier molecular flexibility index (Phi) is 3.74. The van der Waals surface area contributed by atoms with E-state index >= 15 is 0 Å². The summed E-state index contributed by atoms with van der Waals surface area (Å²) in [5.74, 6) is 2.78. The van der Waals surface area contributed by atoms with Crippen LogP contribution in [-0.4, -0.2) is 42.4 Å². The van der Waals surface area contributed by atoms with Crippen molar-refractivity contribution in [2.24, 2.45) is 5.41 Å². The van der Waals surface area contributed by atoms with Gasteiger partial charge in [-0.3, -0.25) is 0 Å². The summed E-state index contributed by atoms with van der Waals surface area (Å²) in [5, 5.41) is 3.62. The second-order valence-electron chi connectivity index (χ2n) is 8.11. The van der Waals surface area contributed by atoms with Crippen LogP contribution in [0.15, 0.2) is 0 Å². The molecule has 3 fully saturated rings. The highest BCUT2D eigenvalue weighted by Gasteiger charge is 2.41. The third-order valence-electron chi connectivity index (χ3n) is 6.23. The van der Waals surface area contributed by atoms with E-state index in [0.29, 0.717) is 17.4 Å². The molecular weight excluding hydrogens is 302 g/mol. The fraction of sp³-hybridized carbons (Fsp3) is 0.789. The normalized spacial score (nSPS) is 28.2. The first-order chi connectivity index (χ1) is 11.8. The van der Waals surface area contributed by atoms with E-state index in [1.54, 1.807) is 0 Å². The van der Waals surface area contributed by atoms with Crippen LogP contribution in [0.1, 0.15) is 61.5 Å². The summed E-state index contributed by atoms with van der Waals surface area (Å²) in [5.41, 5.74) is 3.03. The average molecular weight is 329 g/mol. The zero-order valence-electron chi connectivity index (χ0n) is 14.4. The van der Waals surface area contributed by atoms with Crippen LogP contribution in [-0.2, 0) is 22.3 Å². The molecule has 1 unspecified atom stereocenters. The molecule has 5 nitrogen and oxygen atoms in total. The van der Waals surface area contributed by atoms with Gasteiger partial charge in [-0.25, -0.2) is 9.97 Å². The van der Waals surface area contributed by atoms with Crippen LogP contribution in [0.3, 0.4) is 0 Å². The Balaban J connectivity index is 1.27. The van der Waals surface area contributed by atoms with Crippen molar-refractivity contribution in [2.75, 3.05) is 31.7 Å². The molecule has 2 saturated heterocycles. The van der Waals surface area contributed by atoms with Crippen molar-refractivity contribution in [2.45, 2.75) is 63.4 Å². The van der Waals surface area contributed by atoms with Crippen molar-refractivity contribution in [1.82, 2.24) is 9.97 Å². The Morgan fingerprint density at radius 1 is 1.12 bits per heavy atom. The molecule has 0 aromatic carbocycles. The first kappa shape index (κ1) is 15.1. The van der Waals surface area contributed by atoms with Crippen molar-refractivity contribution < 1.29 is 9.47 Å². The first-order valence-corrected chi connectivity index (χ1v) is 9.64. The SMILES string of the molecule is C1Cc2nc(C3CC3)nc(NCC3CC4(CCOCC4)CO3)c2C1. The van der Waals surface area contributed by atoms with Crippen LogP contribution < -0.4 is 5.32 Å². The maximum atomic E-state index is 6.12. The van der Waals surface area contributed by atoms with Crippen molar-refractivity contribution in [1.29, 1.82) is 0 Å². The Hall–Kier alpha value is -1.20. The summed E-state index contributed by atoms with van der Waals surface area (Å²) in [7, 11) is 0. The highest BCUT2D eigenvalue weighted by Crippen LogP contribution is 2.42. The molecule has 5 heteroatoms. The predicted molar refractivity (Wildman–Crippen MR) is 91.4 cm³/mol. The zero-order chi connectivity index (χ0) is 16.0. The van der Waals surface area contributed by atoms with Gasteiger partial charge in [-0.2, -0.15) is 0 Å². The van der Waals surface area contributed by atoms with E-state index in [1.807, 2.05) is 0 Å². The monoisotopic (exact) mass is 329 g/mol. The second kappa shape index (κ2) is 5.95. The Labute approximate surface area is 143 Å². The van der Waals surface area contributed by atoms with Gasteiger partial charge in [0.25, 0.3) is 0 Å². The Morgan fingerprint density at radius 3 is 2.83 bits per heavy atom. The molecule has 5 rings (SSSR count). The van der Waals surface area contributed by atoms with E-state index in [2.05, 4.69) is 5.32 Å². The molecule has 24 heavy (non-hydrogen) atoms. The third-order valence-corrected chi connectivity index (χ3v) is 6.23. The number of aryl methyl sites for hydroxylation is 1. The quantitative estimate of drug-likeness (QED) is 0.920. The minimum Gasteiger partial charge on any atom is -0.381 e. The van der Waals surface area contributed by atoms with Gasteiger partial charge in [0.2, 0.25) is 0 Å². The minimum absolute atomic E-state index is 0.305. The lowest BCUT2D eigenvalue weighted by molar-refractivity contribution is 0.00731. The molecule has 1 atom stereocenters. The summed E-state index contributed by atoms with van der Waals surface area (Å²) in [4.78, 5) is 9.70. The molecule has 1 N–H and O–H groups in total. The second-order valence-corrected chi connectivity index (χ2v) is 8.11. The van der Waals surface area contributed by atoms with Crippen LogP contribution in [0.2, 0.25) is 0 Å². The molecule has 0 amide bonds. The highest BCUT2D eigenvalue weighted by molar-refractivity contribution is 5.49. The Morgan fingerprint density at radius 2 is 2.00 bits per heavy atom. The number of aromatic nitrogens is 2. The standard InChI is InChI=1S/C19H27N3O2/c1-2-15-16(3-1)21-17(13-4-5-13)22-18(15)20-11-14-10-19(12-24-14)6-8-23-9-7-19/h13-14H,1-12H2,(H,20,21,22). The third kappa shape index (κ3) is 2.82. The predicted octanol–water partition coefficient (Wildman–Crippen LogP) is 2.84. The number of fused-ring (bicyclic) bond motifs is 1. The smallest absolute Gasteiger partial charge is 0.134 e. The molecule has 0 bridgehead atoms. The summed E-state index contributed by atoms with van der Waals surface area (Å²) in [6.07, 6.45) is 9.74. The number of nitrogens with one attached hydrogen (secondary N) is 1. The van der Waals surface area contributed by atoms with Gasteiger partial charge >= 0.3 is 0 Å². The lowest BCUT2D eigenvalue weighted by Crippen LogP contribution is -2.30. The van der Waals surface area contributed by atoms with E-state index in [0.717, 1.165) is 70.1 Å². The van der Waals surface area contributed by atoms with Crippen LogP contribution in [0, 0.1) is 5.41 Å². The van der Waals surface area contributed by atoms with E-state index in [1.165, 1.54) is 30.5 Å². The molecule has 2 aliphatic carbocycles. The lowest BCUT2D eigenvalue weighted by Gasteiger charge is -2.31. The molecule has 2 aliphatic heterocycles. The Bertz CT molecular complexity index is 623. The number of anilines is 1. The van der Waals surface area contributed by atoms with Crippen LogP contribution >= 0.6 is 0 Å². The van der Waals surface area contributed by atoms with Crippen LogP contribution in [0.25, 0.3) is 0 Å². The van der Waals surface area contributed by atoms with Crippen molar-refractivity contribution in [3.05, 3.63) is 17.1 Å². The average Bonchev–Trinajstić information content (AvgIpc) is 3.23. The zero-order valence-corrected chi connectivity index (χ0v) is 14.4. The van der Waals surface area contributed by atoms with Crippen LogP contribution in [0.5, 0.6) is 0 Å². The molecule has 1 aromatic heterocycles. The van der Waals surface area contributed by atoms with Gasteiger partial charge in [0.15, 0.2) is 0 Å². The summed E-state index contributed by atoms with van der Waals surface area (Å²) in [6, 6.07) is 0. The van der Waals surface area contributed by atoms with Gasteiger partial charge in [-0.15, -0.1) is 0 Å². The first-order valence-electron chi connectivity index (χ1n) is 9.64. The van der Waals surface area contributed by atoms with Gasteiger partial charge in [0, 0.05) is 42.3 Å². The minimum atomic E-state index is 0.305. The summed E-state index contributed by atoms with van der Waals surface area (Å²) < 4.78 is 11.6. The maximum Gasteiger partial charge on any atom is 0.134 e. The number of rotatable bonds is 4. The molecule has 1 aromatic rings. The molecular formula is C19H27N3O2. The van der Waals surface area contributed by atoms with Crippen LogP contribution in [0.4, 0.5) is 5.82 Å². The fourth-order valence-electron chi connectivity index (χ4n) is 4.51. The molecule has 1 spiro atoms. The van der Waals surface area contributed by atoms with Gasteiger partial charge in [0.05, 0.1) is 12.7 Å². The summed E-state index contributed by atoms with van der Waals surface area (Å²) >= 11 is 0. The van der Waals surface area contributed by atoms with E-state index in [-0.39, 0.29) is 0 Å². The fourth-order valence-corrected chi connectivity index (χ4v) is 4.51. The van der Waals surface area contributed by atoms with Gasteiger partial charge in [-0.1, -0.05) is 0 Å². The molecule has 4 aliphatic rings. The number of ether oxygens (including phenoxy) is 2. The van der Waals surface area contributed by atoms with Gasteiger partial charge in [0.1, 0.15) is 11.6 Å². The molecule has 130 valence electrons. The highest BCUT2D eigenvalue weighted by atomic mass is 16.5. The number of hydrogen-bond acceptors (Lipinski definition) is 5. The molecule has 0 radical (unpaired) electrons. The topological polar surface area (TPSA) is 56.3 Å². The van der Waals surface area contributed by atoms with E-state index in [4.69, 9.17) is 19.4 Å². The van der Waals surface area contributed by atoms with E-state index < -0.39 is 0 Å². The van der Waals surface area contributed by atoms with Crippen molar-refractivity contribution in [3.8, 4) is 0 Å². The lowest BCUT2D eigenvalue weighted by atomic mass is 9.78. The summed E-state index contributed by atoms with van der Waals surface area (Å²) in [6.45, 7) is 3.56. The molecule has 1 saturated carbocycles. The largest absolute Gasteiger partial charge is 0.381 e. The van der Waals surface area contributed by atoms with Gasteiger partial charge < -0.3 is 14.8 Å². The number of hydrogen-bond donors (Lipinski definition) is 1. The van der Waals surface area contributed by atoms with Crippen molar-refractivity contribution >= 4 is 5.82 Å². The van der Waals surface area contributed by atoms with Gasteiger partial charge in [-0.05, 0) is 51.4 Å². The maximum absolute atomic E-state index is 6.12.